The summed E-state index contributed by atoms with van der Waals surface area (Å²) in [4.78, 5) is 37.4. The molecule has 60 heavy (non-hydrogen) atoms. The van der Waals surface area contributed by atoms with Gasteiger partial charge in [0, 0.05) is 58.6 Å². The number of anilines is 1. The van der Waals surface area contributed by atoms with Crippen molar-refractivity contribution in [1.29, 1.82) is 0 Å². The average molecular weight is 856 g/mol. The molecule has 0 radical (unpaired) electrons. The third-order valence-corrected chi connectivity index (χ3v) is 10.1. The van der Waals surface area contributed by atoms with E-state index in [1.165, 1.54) is 37.3 Å². The Labute approximate surface area is 356 Å². The Kier molecular flexibility index (Phi) is 14.7. The second kappa shape index (κ2) is 20.3. The van der Waals surface area contributed by atoms with E-state index >= 15 is 0 Å². The molecule has 1 fully saturated rings. The van der Waals surface area contributed by atoms with Crippen LogP contribution in [0.25, 0.3) is 16.9 Å². The molecule has 0 amide bonds. The average Bonchev–Trinajstić information content (AvgIpc) is 3.64. The van der Waals surface area contributed by atoms with Gasteiger partial charge in [0.2, 0.25) is 0 Å². The predicted octanol–water partition coefficient (Wildman–Crippen LogP) is 11.0. The van der Waals surface area contributed by atoms with Crippen molar-refractivity contribution in [2.75, 3.05) is 31.2 Å². The highest BCUT2D eigenvalue weighted by Crippen LogP contribution is 2.37. The summed E-state index contributed by atoms with van der Waals surface area (Å²) in [5.41, 5.74) is 6.22. The first-order chi connectivity index (χ1) is 28.8. The molecule has 0 bridgehead atoms. The number of halogens is 4. The van der Waals surface area contributed by atoms with E-state index in [9.17, 15) is 28.3 Å². The smallest absolute Gasteiger partial charge is 0.335 e. The molecule has 1 aliphatic rings. The van der Waals surface area contributed by atoms with E-state index in [1.54, 1.807) is 60.7 Å². The van der Waals surface area contributed by atoms with E-state index in [0.29, 0.717) is 53.4 Å². The Morgan fingerprint density at radius 1 is 0.700 bits per heavy atom. The van der Waals surface area contributed by atoms with Crippen LogP contribution >= 0.6 is 23.2 Å². The zero-order chi connectivity index (χ0) is 42.8. The van der Waals surface area contributed by atoms with Gasteiger partial charge in [-0.2, -0.15) is 0 Å². The second-order valence-electron chi connectivity index (χ2n) is 14.1. The van der Waals surface area contributed by atoms with Crippen LogP contribution in [0.1, 0.15) is 57.3 Å². The van der Waals surface area contributed by atoms with Crippen molar-refractivity contribution in [3.8, 4) is 28.4 Å². The Bertz CT molecular complexity index is 2470. The number of aryl methyl sites for hydroxylation is 1. The second-order valence-corrected chi connectivity index (χ2v) is 14.9. The highest BCUT2D eigenvalue weighted by Gasteiger charge is 2.20. The fourth-order valence-electron chi connectivity index (χ4n) is 6.53. The zero-order valence-electron chi connectivity index (χ0n) is 32.9. The van der Waals surface area contributed by atoms with Gasteiger partial charge in [0.1, 0.15) is 42.1 Å². The molecule has 1 saturated heterocycles. The first-order valence-corrected chi connectivity index (χ1v) is 19.9. The summed E-state index contributed by atoms with van der Waals surface area (Å²) >= 11 is 12.3. The Balaban J connectivity index is 0.000000226. The topological polar surface area (TPSA) is 107 Å². The zero-order valence-corrected chi connectivity index (χ0v) is 34.4. The molecule has 1 aromatic heterocycles. The minimum atomic E-state index is -0.992. The van der Waals surface area contributed by atoms with E-state index in [2.05, 4.69) is 4.90 Å². The first kappa shape index (κ1) is 43.6. The van der Waals surface area contributed by atoms with Crippen LogP contribution in [0.3, 0.4) is 0 Å². The molecular formula is C47H42Cl2F2N2O7. The number of hydrogen-bond donors (Lipinski definition) is 1. The minimum Gasteiger partial charge on any atom is -0.488 e. The van der Waals surface area contributed by atoms with E-state index in [4.69, 9.17) is 37.4 Å². The van der Waals surface area contributed by atoms with Crippen LogP contribution in [0.15, 0.2) is 115 Å². The minimum absolute atomic E-state index is 0.0471. The van der Waals surface area contributed by atoms with Gasteiger partial charge >= 0.3 is 5.97 Å². The van der Waals surface area contributed by atoms with Crippen molar-refractivity contribution in [1.82, 2.24) is 4.57 Å². The molecule has 0 spiro atoms. The summed E-state index contributed by atoms with van der Waals surface area (Å²) < 4.78 is 45.5. The maximum absolute atomic E-state index is 13.3. The number of rotatable bonds is 14. The summed E-state index contributed by atoms with van der Waals surface area (Å²) in [6.45, 7) is 6.44. The van der Waals surface area contributed by atoms with Crippen molar-refractivity contribution < 1.29 is 42.5 Å². The highest BCUT2D eigenvalue weighted by molar-refractivity contribution is 6.31. The predicted molar refractivity (Wildman–Crippen MR) is 228 cm³/mol. The summed E-state index contributed by atoms with van der Waals surface area (Å²) in [6.07, 6.45) is 0.297. The van der Waals surface area contributed by atoms with Gasteiger partial charge in [0.05, 0.1) is 30.0 Å². The number of benzene rings is 5. The van der Waals surface area contributed by atoms with Gasteiger partial charge in [-0.3, -0.25) is 4.79 Å². The van der Waals surface area contributed by atoms with E-state index in [0.717, 1.165) is 39.5 Å². The molecule has 1 N–H and O–H groups in total. The monoisotopic (exact) mass is 854 g/mol. The lowest BCUT2D eigenvalue weighted by molar-refractivity contribution is -0.117. The van der Waals surface area contributed by atoms with Crippen molar-refractivity contribution in [2.45, 2.75) is 39.9 Å². The molecule has 0 aliphatic carbocycles. The van der Waals surface area contributed by atoms with Crippen LogP contribution in [-0.2, 0) is 22.7 Å². The highest BCUT2D eigenvalue weighted by atomic mass is 35.5. The Morgan fingerprint density at radius 2 is 1.27 bits per heavy atom. The van der Waals surface area contributed by atoms with Crippen molar-refractivity contribution in [2.24, 2.45) is 0 Å². The molecule has 2 heterocycles. The van der Waals surface area contributed by atoms with Crippen LogP contribution < -0.4 is 14.4 Å². The SMILES string of the molecule is CC(=O)CCC(=O)c1cc(Cl)ccc1OCc1ccc(F)cc1.Cc1ccc(-c2cc(Cl)ccc2OCc2ccc(F)cc2)n1-c1cc(C(=O)O)cc(N2CCOCC2)c1. The fourth-order valence-corrected chi connectivity index (χ4v) is 6.87. The fraction of sp³-hybridized carbons (Fsp3) is 0.213. The maximum atomic E-state index is 13.3. The van der Waals surface area contributed by atoms with Crippen molar-refractivity contribution in [3.63, 3.8) is 0 Å². The lowest BCUT2D eigenvalue weighted by atomic mass is 10.0. The maximum Gasteiger partial charge on any atom is 0.335 e. The molecule has 0 unspecified atom stereocenters. The number of aromatic nitrogens is 1. The molecule has 1 aliphatic heterocycles. The van der Waals surface area contributed by atoms with Gasteiger partial charge in [-0.25, -0.2) is 13.6 Å². The largest absolute Gasteiger partial charge is 0.488 e. The van der Waals surface area contributed by atoms with Gasteiger partial charge in [0.15, 0.2) is 5.78 Å². The third-order valence-electron chi connectivity index (χ3n) is 9.64. The van der Waals surface area contributed by atoms with Crippen LogP contribution in [-0.4, -0.2) is 53.5 Å². The number of aromatic carboxylic acids is 1. The Hall–Kier alpha value is -6.01. The number of carboxylic acids is 1. The van der Waals surface area contributed by atoms with Gasteiger partial charge in [0.25, 0.3) is 0 Å². The van der Waals surface area contributed by atoms with Crippen LogP contribution in [0.4, 0.5) is 14.5 Å². The third kappa shape index (κ3) is 11.6. The summed E-state index contributed by atoms with van der Waals surface area (Å²) in [5, 5.41) is 10.8. The molecular weight excluding hydrogens is 813 g/mol. The summed E-state index contributed by atoms with van der Waals surface area (Å²) in [6, 6.07) is 31.6. The standard InChI is InChI=1S/C29H26ClFN2O4.C18H16ClFO3/c1-19-2-8-27(26-16-22(30)5-9-28(26)37-18-20-3-6-23(31)7-4-20)33(19)25-15-21(29(34)35)14-24(17-25)32-10-12-36-13-11-32;1-12(21)2-8-17(22)16-10-14(19)5-9-18(16)23-11-13-3-6-15(20)7-4-13/h2-9,14-17H,10-13,18H2,1H3,(H,34,35);3-7,9-10H,2,8,11H2,1H3. The van der Waals surface area contributed by atoms with E-state index < -0.39 is 5.97 Å². The summed E-state index contributed by atoms with van der Waals surface area (Å²) in [7, 11) is 0. The Morgan fingerprint density at radius 3 is 1.87 bits per heavy atom. The normalized spacial score (nSPS) is 12.3. The molecule has 310 valence electrons. The first-order valence-electron chi connectivity index (χ1n) is 19.1. The molecule has 0 saturated carbocycles. The molecule has 13 heteroatoms. The van der Waals surface area contributed by atoms with Gasteiger partial charge in [-0.15, -0.1) is 0 Å². The number of carbonyl (C=O) groups excluding carboxylic acids is 2. The van der Waals surface area contributed by atoms with Crippen LogP contribution in [0, 0.1) is 18.6 Å². The quantitative estimate of drug-likeness (QED) is 0.108. The number of nitrogens with zero attached hydrogens (tertiary/aromatic N) is 2. The number of carbonyl (C=O) groups is 3. The van der Waals surface area contributed by atoms with Gasteiger partial charge < -0.3 is 33.6 Å². The molecule has 9 nitrogen and oxygen atoms in total. The van der Waals surface area contributed by atoms with Gasteiger partial charge in [-0.1, -0.05) is 47.5 Å². The number of morpholine rings is 1. The number of carboxylic acid groups (broad SMARTS) is 1. The van der Waals surface area contributed by atoms with Crippen LogP contribution in [0.5, 0.6) is 11.5 Å². The van der Waals surface area contributed by atoms with Gasteiger partial charge in [-0.05, 0) is 116 Å². The summed E-state index contributed by atoms with van der Waals surface area (Å²) in [5.74, 6) is -0.854. The van der Waals surface area contributed by atoms with E-state index in [-0.39, 0.29) is 54.8 Å². The number of Topliss-reactive ketones (excluding diaryl/α,β-unsaturated/α-hetero) is 2. The number of ketones is 2. The molecule has 7 rings (SSSR count). The molecule has 0 atom stereocenters. The number of hydrogen-bond acceptors (Lipinski definition) is 7. The lowest BCUT2D eigenvalue weighted by Gasteiger charge is -2.29. The molecule has 6 aromatic rings. The van der Waals surface area contributed by atoms with Crippen LogP contribution in [0.2, 0.25) is 10.0 Å². The van der Waals surface area contributed by atoms with E-state index in [1.807, 2.05) is 35.8 Å². The van der Waals surface area contributed by atoms with Crippen molar-refractivity contribution in [3.05, 3.63) is 165 Å². The molecule has 5 aromatic carbocycles. The number of ether oxygens (including phenoxy) is 3. The van der Waals surface area contributed by atoms with Crippen molar-refractivity contribution >= 4 is 46.4 Å². The lowest BCUT2D eigenvalue weighted by Crippen LogP contribution is -2.36.